The van der Waals surface area contributed by atoms with Gasteiger partial charge in [-0.15, -0.1) is 11.3 Å². The van der Waals surface area contributed by atoms with Gasteiger partial charge in [0.15, 0.2) is 11.2 Å². The van der Waals surface area contributed by atoms with E-state index >= 15 is 0 Å². The van der Waals surface area contributed by atoms with E-state index < -0.39 is 0 Å². The zero-order valence-corrected chi connectivity index (χ0v) is 14.4. The first-order valence-corrected chi connectivity index (χ1v) is 8.85. The van der Waals surface area contributed by atoms with Crippen molar-refractivity contribution in [3.05, 3.63) is 82.0 Å². The molecule has 4 aromatic rings. The number of hydrogen-bond donors (Lipinski definition) is 2. The van der Waals surface area contributed by atoms with Crippen LogP contribution >= 0.6 is 11.3 Å². The molecule has 0 amide bonds. The number of Topliss-reactive ketones (excluding diaryl/α,β-unsaturated/α-hetero) is 1. The average Bonchev–Trinajstić information content (AvgIpc) is 2.65. The smallest absolute Gasteiger partial charge is 0.196 e. The molecule has 0 aliphatic heterocycles. The van der Waals surface area contributed by atoms with E-state index in [0.29, 0.717) is 21.9 Å². The zero-order chi connectivity index (χ0) is 18.3. The van der Waals surface area contributed by atoms with Crippen molar-refractivity contribution in [2.75, 3.05) is 0 Å². The summed E-state index contributed by atoms with van der Waals surface area (Å²) in [5.74, 6) is -0.223. The van der Waals surface area contributed by atoms with Crippen molar-refractivity contribution in [3.63, 3.8) is 0 Å². The minimum atomic E-state index is -0.231. The summed E-state index contributed by atoms with van der Waals surface area (Å²) in [5.41, 5.74) is 0.572. The van der Waals surface area contributed by atoms with Gasteiger partial charge in [-0.1, -0.05) is 12.1 Å². The number of carbonyl (C=O) groups is 1. The van der Waals surface area contributed by atoms with Crippen LogP contribution in [0.2, 0.25) is 0 Å². The van der Waals surface area contributed by atoms with Gasteiger partial charge in [-0.2, -0.15) is 0 Å². The van der Waals surface area contributed by atoms with Crippen LogP contribution in [0.5, 0.6) is 11.5 Å². The highest BCUT2D eigenvalue weighted by molar-refractivity contribution is 7.24. The molecule has 0 bridgehead atoms. The minimum absolute atomic E-state index is 0.0655. The molecule has 0 radical (unpaired) electrons. The molecule has 4 rings (SSSR count). The summed E-state index contributed by atoms with van der Waals surface area (Å²) >= 11 is 1.46. The summed E-state index contributed by atoms with van der Waals surface area (Å²) in [6.45, 7) is 0. The molecule has 26 heavy (non-hydrogen) atoms. The molecular formula is C21H14O4S. The Bertz CT molecular complexity index is 1210. The largest absolute Gasteiger partial charge is 0.508 e. The lowest BCUT2D eigenvalue weighted by Gasteiger charge is -2.09. The molecule has 5 heteroatoms. The molecule has 0 spiro atoms. The summed E-state index contributed by atoms with van der Waals surface area (Å²) in [4.78, 5) is 25.6. The third-order valence-electron chi connectivity index (χ3n) is 4.36. The third kappa shape index (κ3) is 2.72. The number of ketones is 1. The quantitative estimate of drug-likeness (QED) is 0.422. The van der Waals surface area contributed by atoms with Crippen LogP contribution in [0.25, 0.3) is 20.2 Å². The number of phenolic OH excluding ortho intramolecular Hbond substituents is 2. The molecule has 0 fully saturated rings. The van der Waals surface area contributed by atoms with Gasteiger partial charge < -0.3 is 10.2 Å². The Morgan fingerprint density at radius 1 is 0.885 bits per heavy atom. The second kappa shape index (κ2) is 6.28. The maximum Gasteiger partial charge on any atom is 0.196 e. The predicted octanol–water partition coefficient (Wildman–Crippen LogP) is 4.25. The van der Waals surface area contributed by atoms with E-state index in [0.717, 1.165) is 9.40 Å². The fourth-order valence-corrected chi connectivity index (χ4v) is 4.14. The monoisotopic (exact) mass is 362 g/mol. The topological polar surface area (TPSA) is 74.6 Å². The number of aromatic hydroxyl groups is 2. The summed E-state index contributed by atoms with van der Waals surface area (Å²) in [6, 6.07) is 16.5. The highest BCUT2D eigenvalue weighted by Crippen LogP contribution is 2.32. The maximum absolute atomic E-state index is 13.0. The molecule has 0 saturated carbocycles. The predicted molar refractivity (Wildman–Crippen MR) is 103 cm³/mol. The van der Waals surface area contributed by atoms with Gasteiger partial charge in [0.1, 0.15) is 11.5 Å². The van der Waals surface area contributed by atoms with Gasteiger partial charge in [-0.25, -0.2) is 0 Å². The van der Waals surface area contributed by atoms with Crippen LogP contribution in [0, 0.1) is 0 Å². The summed E-state index contributed by atoms with van der Waals surface area (Å²) in [6.07, 6.45) is -0.0890. The Morgan fingerprint density at radius 3 is 2.38 bits per heavy atom. The number of carbonyl (C=O) groups excluding carboxylic acids is 1. The Labute approximate surface area is 152 Å². The lowest BCUT2D eigenvalue weighted by molar-refractivity contribution is 0.0992. The van der Waals surface area contributed by atoms with Gasteiger partial charge in [0.25, 0.3) is 0 Å². The van der Waals surface area contributed by atoms with Gasteiger partial charge >= 0.3 is 0 Å². The van der Waals surface area contributed by atoms with Crippen LogP contribution in [0.3, 0.4) is 0 Å². The molecule has 0 atom stereocenters. The number of benzene rings is 3. The van der Waals surface area contributed by atoms with E-state index in [4.69, 9.17) is 0 Å². The van der Waals surface area contributed by atoms with Crippen LogP contribution in [-0.4, -0.2) is 16.0 Å². The number of hydrogen-bond acceptors (Lipinski definition) is 5. The number of phenols is 2. The molecule has 4 nitrogen and oxygen atoms in total. The van der Waals surface area contributed by atoms with E-state index in [2.05, 4.69) is 0 Å². The van der Waals surface area contributed by atoms with Crippen molar-refractivity contribution >= 4 is 37.3 Å². The van der Waals surface area contributed by atoms with Crippen LogP contribution in [0.15, 0.2) is 65.5 Å². The van der Waals surface area contributed by atoms with Crippen LogP contribution < -0.4 is 5.43 Å². The van der Waals surface area contributed by atoms with Gasteiger partial charge in [-0.05, 0) is 48.5 Å². The molecular weight excluding hydrogens is 348 g/mol. The Kier molecular flexibility index (Phi) is 3.93. The summed E-state index contributed by atoms with van der Waals surface area (Å²) in [7, 11) is 0. The Balaban J connectivity index is 1.90. The maximum atomic E-state index is 13.0. The van der Waals surface area contributed by atoms with Crippen LogP contribution in [-0.2, 0) is 6.42 Å². The van der Waals surface area contributed by atoms with Gasteiger partial charge in [0.05, 0.1) is 0 Å². The van der Waals surface area contributed by atoms with Crippen LogP contribution in [0.1, 0.15) is 15.9 Å². The van der Waals surface area contributed by atoms with Crippen molar-refractivity contribution in [1.29, 1.82) is 0 Å². The third-order valence-corrected chi connectivity index (χ3v) is 5.49. The fourth-order valence-electron chi connectivity index (χ4n) is 3.03. The van der Waals surface area contributed by atoms with E-state index in [1.54, 1.807) is 18.2 Å². The molecule has 1 aromatic heterocycles. The van der Waals surface area contributed by atoms with Crippen molar-refractivity contribution in [1.82, 2.24) is 0 Å². The highest BCUT2D eigenvalue weighted by atomic mass is 32.1. The first kappa shape index (κ1) is 16.3. The SMILES string of the molecule is O=C(Cc1c(O)ccc2sc3ccccc3c(=O)c12)c1ccc(O)cc1. The van der Waals surface area contributed by atoms with E-state index in [9.17, 15) is 19.8 Å². The van der Waals surface area contributed by atoms with Crippen molar-refractivity contribution in [2.24, 2.45) is 0 Å². The molecule has 0 aliphatic rings. The molecule has 0 aliphatic carbocycles. The lowest BCUT2D eigenvalue weighted by atomic mass is 9.98. The standard InChI is InChI=1S/C21H14O4S/c22-13-7-5-12(6-8-13)17(24)11-15-16(23)9-10-19-20(15)21(25)14-3-1-2-4-18(14)26-19/h1-10,22-23H,11H2. The molecule has 3 aromatic carbocycles. The first-order chi connectivity index (χ1) is 12.5. The molecule has 128 valence electrons. The Morgan fingerprint density at radius 2 is 1.62 bits per heavy atom. The molecule has 0 saturated heterocycles. The van der Waals surface area contributed by atoms with Crippen molar-refractivity contribution in [3.8, 4) is 11.5 Å². The molecule has 1 heterocycles. The van der Waals surface area contributed by atoms with Crippen molar-refractivity contribution in [2.45, 2.75) is 6.42 Å². The summed E-state index contributed by atoms with van der Waals surface area (Å²) < 4.78 is 1.60. The zero-order valence-electron chi connectivity index (χ0n) is 13.6. The fraction of sp³-hybridized carbons (Fsp3) is 0.0476. The second-order valence-corrected chi connectivity index (χ2v) is 7.09. The van der Waals surface area contributed by atoms with E-state index in [1.807, 2.05) is 12.1 Å². The lowest BCUT2D eigenvalue weighted by Crippen LogP contribution is -2.09. The van der Waals surface area contributed by atoms with Gasteiger partial charge in [0, 0.05) is 37.7 Å². The normalized spacial score (nSPS) is 11.1. The molecule has 2 N–H and O–H groups in total. The second-order valence-electron chi connectivity index (χ2n) is 6.01. The minimum Gasteiger partial charge on any atom is -0.508 e. The summed E-state index contributed by atoms with van der Waals surface area (Å²) in [5, 5.41) is 20.6. The Hall–Kier alpha value is -3.18. The number of rotatable bonds is 3. The first-order valence-electron chi connectivity index (χ1n) is 8.03. The van der Waals surface area contributed by atoms with Gasteiger partial charge in [-0.3, -0.25) is 9.59 Å². The highest BCUT2D eigenvalue weighted by Gasteiger charge is 2.17. The van der Waals surface area contributed by atoms with E-state index in [-0.39, 0.29) is 29.1 Å². The molecule has 0 unspecified atom stereocenters. The average molecular weight is 362 g/mol. The number of fused-ring (bicyclic) bond motifs is 2. The van der Waals surface area contributed by atoms with E-state index in [1.165, 1.54) is 41.7 Å². The van der Waals surface area contributed by atoms with Gasteiger partial charge in [0.2, 0.25) is 0 Å². The van der Waals surface area contributed by atoms with Crippen LogP contribution in [0.4, 0.5) is 0 Å². The van der Waals surface area contributed by atoms with Crippen molar-refractivity contribution < 1.29 is 15.0 Å².